The predicted octanol–water partition coefficient (Wildman–Crippen LogP) is 3.24. The molecule has 0 bridgehead atoms. The summed E-state index contributed by atoms with van der Waals surface area (Å²) in [6.45, 7) is 7.44. The number of H-pyrrole nitrogens is 1. The summed E-state index contributed by atoms with van der Waals surface area (Å²) in [5.74, 6) is -1.99. The van der Waals surface area contributed by atoms with Crippen LogP contribution < -0.4 is 5.32 Å². The van der Waals surface area contributed by atoms with Crippen LogP contribution in [0.25, 0.3) is 11.0 Å². The van der Waals surface area contributed by atoms with Crippen molar-refractivity contribution in [2.24, 2.45) is 0 Å². The van der Waals surface area contributed by atoms with Crippen LogP contribution in [0.3, 0.4) is 0 Å². The highest BCUT2D eigenvalue weighted by Crippen LogP contribution is 2.25. The first-order valence-electron chi connectivity index (χ1n) is 6.49. The van der Waals surface area contributed by atoms with E-state index in [1.165, 1.54) is 11.8 Å². The van der Waals surface area contributed by atoms with E-state index in [4.69, 9.17) is 0 Å². The molecule has 7 heteroatoms. The molecule has 1 atom stereocenters. The fourth-order valence-electron chi connectivity index (χ4n) is 1.73. The van der Waals surface area contributed by atoms with Gasteiger partial charge in [-0.25, -0.2) is 13.8 Å². The number of nitrogens with one attached hydrogen (secondary N) is 2. The normalized spacial score (nSPS) is 13.4. The summed E-state index contributed by atoms with van der Waals surface area (Å²) < 4.78 is 26.3. The summed E-state index contributed by atoms with van der Waals surface area (Å²) in [5.41, 5.74) is 0.422. The maximum Gasteiger partial charge on any atom is 0.233 e. The van der Waals surface area contributed by atoms with Gasteiger partial charge in [-0.2, -0.15) is 0 Å². The first-order chi connectivity index (χ1) is 9.65. The monoisotopic (exact) mass is 313 g/mol. The second-order valence-electron chi connectivity index (χ2n) is 5.82. The van der Waals surface area contributed by atoms with E-state index in [2.05, 4.69) is 15.3 Å². The number of carbonyl (C=O) groups excluding carboxylic acids is 1. The standard InChI is InChI=1S/C14H17F2N3OS/c1-7(12(20)19-14(2,3)4)21-13-17-10-5-8(15)9(16)6-11(10)18-13/h5-7H,1-4H3,(H,17,18)(H,19,20). The van der Waals surface area contributed by atoms with Crippen LogP contribution in [0.2, 0.25) is 0 Å². The summed E-state index contributed by atoms with van der Waals surface area (Å²) >= 11 is 1.21. The molecule has 0 spiro atoms. The third kappa shape index (κ3) is 3.93. The van der Waals surface area contributed by atoms with Gasteiger partial charge in [0, 0.05) is 17.7 Å². The summed E-state index contributed by atoms with van der Waals surface area (Å²) in [6.07, 6.45) is 0. The lowest BCUT2D eigenvalue weighted by molar-refractivity contribution is -0.121. The van der Waals surface area contributed by atoms with Crippen molar-refractivity contribution >= 4 is 28.7 Å². The summed E-state index contributed by atoms with van der Waals surface area (Å²) in [4.78, 5) is 19.0. The van der Waals surface area contributed by atoms with Gasteiger partial charge in [-0.15, -0.1) is 0 Å². The average Bonchev–Trinajstić information content (AvgIpc) is 2.68. The molecular formula is C14H17F2N3OS. The molecule has 2 aromatic rings. The van der Waals surface area contributed by atoms with Gasteiger partial charge in [-0.05, 0) is 27.7 Å². The Kier molecular flexibility index (Phi) is 4.22. The third-order valence-electron chi connectivity index (χ3n) is 2.66. The highest BCUT2D eigenvalue weighted by Gasteiger charge is 2.21. The van der Waals surface area contributed by atoms with Crippen LogP contribution in [-0.4, -0.2) is 26.7 Å². The van der Waals surface area contributed by atoms with Crippen LogP contribution in [0.4, 0.5) is 8.78 Å². The quantitative estimate of drug-likeness (QED) is 0.855. The number of imidazole rings is 1. The minimum atomic E-state index is -0.941. The van der Waals surface area contributed by atoms with Gasteiger partial charge in [0.05, 0.1) is 16.3 Å². The van der Waals surface area contributed by atoms with Crippen LogP contribution in [0.15, 0.2) is 17.3 Å². The Bertz CT molecular complexity index is 640. The molecule has 1 aromatic carbocycles. The van der Waals surface area contributed by atoms with Gasteiger partial charge in [0.25, 0.3) is 0 Å². The van der Waals surface area contributed by atoms with E-state index in [1.54, 1.807) is 6.92 Å². The predicted molar refractivity (Wildman–Crippen MR) is 79.2 cm³/mol. The van der Waals surface area contributed by atoms with Crippen molar-refractivity contribution < 1.29 is 13.6 Å². The SMILES string of the molecule is CC(Sc1nc2cc(F)c(F)cc2[nH]1)C(=O)NC(C)(C)C. The smallest absolute Gasteiger partial charge is 0.233 e. The molecule has 0 aliphatic rings. The number of carbonyl (C=O) groups is 1. The number of hydrogen-bond acceptors (Lipinski definition) is 3. The van der Waals surface area contributed by atoms with E-state index < -0.39 is 11.6 Å². The Morgan fingerprint density at radius 1 is 1.33 bits per heavy atom. The lowest BCUT2D eigenvalue weighted by Gasteiger charge is -2.22. The van der Waals surface area contributed by atoms with Crippen LogP contribution in [0, 0.1) is 11.6 Å². The maximum absolute atomic E-state index is 13.1. The number of halogens is 2. The maximum atomic E-state index is 13.1. The number of fused-ring (bicyclic) bond motifs is 1. The Labute approximate surface area is 125 Å². The fourth-order valence-corrected chi connectivity index (χ4v) is 2.55. The Morgan fingerprint density at radius 2 is 1.95 bits per heavy atom. The molecule has 0 fully saturated rings. The average molecular weight is 313 g/mol. The fraction of sp³-hybridized carbons (Fsp3) is 0.429. The van der Waals surface area contributed by atoms with Crippen LogP contribution >= 0.6 is 11.8 Å². The zero-order chi connectivity index (χ0) is 15.8. The zero-order valence-electron chi connectivity index (χ0n) is 12.3. The van der Waals surface area contributed by atoms with Gasteiger partial charge < -0.3 is 10.3 Å². The van der Waals surface area contributed by atoms with E-state index in [9.17, 15) is 13.6 Å². The summed E-state index contributed by atoms with van der Waals surface area (Å²) in [5, 5.41) is 2.94. The largest absolute Gasteiger partial charge is 0.351 e. The number of benzene rings is 1. The number of rotatable bonds is 3. The van der Waals surface area contributed by atoms with Gasteiger partial charge in [0.2, 0.25) is 5.91 Å². The zero-order valence-corrected chi connectivity index (χ0v) is 13.1. The third-order valence-corrected chi connectivity index (χ3v) is 3.64. The molecule has 1 unspecified atom stereocenters. The Morgan fingerprint density at radius 3 is 2.57 bits per heavy atom. The van der Waals surface area contributed by atoms with Crippen molar-refractivity contribution in [3.8, 4) is 0 Å². The van der Waals surface area contributed by atoms with Crippen molar-refractivity contribution in [3.05, 3.63) is 23.8 Å². The molecule has 21 heavy (non-hydrogen) atoms. The second-order valence-corrected chi connectivity index (χ2v) is 7.15. The van der Waals surface area contributed by atoms with E-state index in [0.29, 0.717) is 16.2 Å². The van der Waals surface area contributed by atoms with Crippen molar-refractivity contribution in [2.75, 3.05) is 0 Å². The highest BCUT2D eigenvalue weighted by molar-refractivity contribution is 8.00. The van der Waals surface area contributed by atoms with Crippen LogP contribution in [0.5, 0.6) is 0 Å². The van der Waals surface area contributed by atoms with Gasteiger partial charge in [-0.3, -0.25) is 4.79 Å². The lowest BCUT2D eigenvalue weighted by Crippen LogP contribution is -2.44. The number of hydrogen-bond donors (Lipinski definition) is 2. The molecule has 1 aromatic heterocycles. The van der Waals surface area contributed by atoms with Gasteiger partial charge >= 0.3 is 0 Å². The molecule has 0 aliphatic carbocycles. The first-order valence-corrected chi connectivity index (χ1v) is 7.37. The summed E-state index contributed by atoms with van der Waals surface area (Å²) in [7, 11) is 0. The Hall–Kier alpha value is -1.63. The molecule has 0 aliphatic heterocycles. The van der Waals surface area contributed by atoms with E-state index in [1.807, 2.05) is 20.8 Å². The Balaban J connectivity index is 2.14. The number of aromatic nitrogens is 2. The van der Waals surface area contributed by atoms with Crippen molar-refractivity contribution in [2.45, 2.75) is 43.6 Å². The minimum absolute atomic E-state index is 0.120. The first kappa shape index (κ1) is 15.8. The molecule has 0 saturated carbocycles. The molecular weight excluding hydrogens is 296 g/mol. The molecule has 0 saturated heterocycles. The molecule has 4 nitrogen and oxygen atoms in total. The van der Waals surface area contributed by atoms with Gasteiger partial charge in [-0.1, -0.05) is 11.8 Å². The molecule has 0 radical (unpaired) electrons. The number of nitrogens with zero attached hydrogens (tertiary/aromatic N) is 1. The van der Waals surface area contributed by atoms with E-state index in [0.717, 1.165) is 12.1 Å². The number of aromatic amines is 1. The van der Waals surface area contributed by atoms with E-state index in [-0.39, 0.29) is 16.7 Å². The molecule has 1 heterocycles. The molecule has 2 N–H and O–H groups in total. The molecule has 1 amide bonds. The van der Waals surface area contributed by atoms with Gasteiger partial charge in [0.1, 0.15) is 0 Å². The molecule has 2 rings (SSSR count). The van der Waals surface area contributed by atoms with Gasteiger partial charge in [0.15, 0.2) is 16.8 Å². The highest BCUT2D eigenvalue weighted by atomic mass is 32.2. The lowest BCUT2D eigenvalue weighted by atomic mass is 10.1. The van der Waals surface area contributed by atoms with Crippen LogP contribution in [0.1, 0.15) is 27.7 Å². The minimum Gasteiger partial charge on any atom is -0.351 e. The second kappa shape index (κ2) is 5.63. The van der Waals surface area contributed by atoms with Crippen LogP contribution in [-0.2, 0) is 4.79 Å². The molecule has 114 valence electrons. The van der Waals surface area contributed by atoms with Crippen molar-refractivity contribution in [1.29, 1.82) is 0 Å². The van der Waals surface area contributed by atoms with E-state index >= 15 is 0 Å². The number of amides is 1. The summed E-state index contributed by atoms with van der Waals surface area (Å²) in [6, 6.07) is 2.09. The van der Waals surface area contributed by atoms with Crippen molar-refractivity contribution in [1.82, 2.24) is 15.3 Å². The van der Waals surface area contributed by atoms with Crippen molar-refractivity contribution in [3.63, 3.8) is 0 Å². The topological polar surface area (TPSA) is 57.8 Å². The number of thioether (sulfide) groups is 1.